The summed E-state index contributed by atoms with van der Waals surface area (Å²) in [6.45, 7) is 0. The third kappa shape index (κ3) is 11.6. The number of aliphatic hydroxyl groups excluding tert-OH is 2. The van der Waals surface area contributed by atoms with Crippen LogP contribution < -0.4 is 9.80 Å². The maximum Gasteiger partial charge on any atom is 0.416 e. The zero-order chi connectivity index (χ0) is 60.3. The van der Waals surface area contributed by atoms with Crippen LogP contribution >= 0.6 is 0 Å². The lowest BCUT2D eigenvalue weighted by Crippen LogP contribution is -2.18. The number of hydrogen-bond donors (Lipinski definition) is 6. The lowest BCUT2D eigenvalue weighted by Gasteiger charge is -2.31. The number of phenolic OH excluding ortho intramolecular Hbond substituents is 4. The monoisotopic (exact) mass is 1180 g/mol. The predicted octanol–water partition coefficient (Wildman–Crippen LogP) is 17.9. The molecular formula is C48H22F24N2O6. The first kappa shape index (κ1) is 59.2. The van der Waals surface area contributed by atoms with Gasteiger partial charge in [0, 0.05) is 47.0 Å². The Labute approximate surface area is 427 Å². The molecule has 0 aromatic heterocycles. The fourth-order valence-electron chi connectivity index (χ4n) is 8.02. The van der Waals surface area contributed by atoms with Gasteiger partial charge in [-0.1, -0.05) is 0 Å². The molecule has 0 heterocycles. The van der Waals surface area contributed by atoms with Gasteiger partial charge in [0.25, 0.3) is 0 Å². The van der Waals surface area contributed by atoms with Crippen LogP contribution in [0.15, 0.2) is 109 Å². The molecule has 0 spiro atoms. The standard InChI is InChI=1S/C48H22F24N2O6/c49-41(50,51)17-1-18(42(52,53)54)6-25(5-17)73(26-7-19(43(55,56)57)2-20(8-26)44(58,59)60)29-13-31(75)35(32(76)14-29)37-39(79)38(40(37)80)36-33(77)15-30(16-34(36)78)74(27-9-21(45(61,62)63)3-22(10-27)46(64,65)66)28-11-23(47(67,68)69)4-24(12-28)48(70,71)72/h1-16,75-80H. The van der Waals surface area contributed by atoms with E-state index in [0.29, 0.717) is 0 Å². The number of benzene rings is 6. The number of anilines is 6. The van der Waals surface area contributed by atoms with Gasteiger partial charge >= 0.3 is 49.4 Å². The van der Waals surface area contributed by atoms with E-state index in [-0.39, 0.29) is 82.6 Å². The highest BCUT2D eigenvalue weighted by molar-refractivity contribution is 6.10. The normalized spacial score (nSPS) is 14.2. The summed E-state index contributed by atoms with van der Waals surface area (Å²) in [5.41, 5.74) is -31.5. The molecule has 6 aromatic carbocycles. The first-order valence-electron chi connectivity index (χ1n) is 21.0. The number of phenols is 4. The number of halogens is 24. The van der Waals surface area contributed by atoms with Crippen LogP contribution in [-0.4, -0.2) is 30.6 Å². The molecule has 428 valence electrons. The van der Waals surface area contributed by atoms with Crippen molar-refractivity contribution in [3.05, 3.63) is 164 Å². The average molecular weight is 1180 g/mol. The molecule has 0 amide bonds. The van der Waals surface area contributed by atoms with Crippen LogP contribution in [0.2, 0.25) is 0 Å². The smallest absolute Gasteiger partial charge is 0.416 e. The molecule has 0 unspecified atom stereocenters. The molecule has 1 aliphatic carbocycles. The third-order valence-electron chi connectivity index (χ3n) is 11.4. The second-order valence-electron chi connectivity index (χ2n) is 16.9. The van der Waals surface area contributed by atoms with Crippen molar-refractivity contribution in [2.24, 2.45) is 0 Å². The zero-order valence-electron chi connectivity index (χ0n) is 37.9. The van der Waals surface area contributed by atoms with Gasteiger partial charge in [0.1, 0.15) is 34.5 Å². The van der Waals surface area contributed by atoms with E-state index in [1.165, 1.54) is 0 Å². The molecule has 0 fully saturated rings. The van der Waals surface area contributed by atoms with Crippen LogP contribution in [0.1, 0.15) is 55.6 Å². The van der Waals surface area contributed by atoms with Crippen molar-refractivity contribution < 1.29 is 136 Å². The van der Waals surface area contributed by atoms with E-state index >= 15 is 0 Å². The van der Waals surface area contributed by atoms with Gasteiger partial charge in [0.2, 0.25) is 0 Å². The quantitative estimate of drug-likeness (QED) is 0.0832. The Balaban J connectivity index is 1.42. The van der Waals surface area contributed by atoms with Gasteiger partial charge in [-0.25, -0.2) is 0 Å². The summed E-state index contributed by atoms with van der Waals surface area (Å²) >= 11 is 0. The summed E-state index contributed by atoms with van der Waals surface area (Å²) in [5, 5.41) is 67.3. The van der Waals surface area contributed by atoms with E-state index in [4.69, 9.17) is 0 Å². The second kappa shape index (κ2) is 19.1. The van der Waals surface area contributed by atoms with Crippen molar-refractivity contribution in [2.75, 3.05) is 9.80 Å². The minimum absolute atomic E-state index is 0.135. The number of rotatable bonds is 8. The van der Waals surface area contributed by atoms with Crippen molar-refractivity contribution in [3.8, 4) is 23.0 Å². The molecule has 0 radical (unpaired) electrons. The van der Waals surface area contributed by atoms with Crippen LogP contribution in [0.5, 0.6) is 23.0 Å². The minimum atomic E-state index is -5.73. The van der Waals surface area contributed by atoms with Gasteiger partial charge in [0.15, 0.2) is 0 Å². The van der Waals surface area contributed by atoms with Crippen LogP contribution in [0.25, 0.3) is 11.1 Å². The van der Waals surface area contributed by atoms with Gasteiger partial charge in [-0.2, -0.15) is 105 Å². The molecule has 0 aliphatic heterocycles. The molecule has 32 heteroatoms. The fourth-order valence-corrected chi connectivity index (χ4v) is 8.02. The van der Waals surface area contributed by atoms with Crippen LogP contribution in [-0.2, 0) is 49.4 Å². The summed E-state index contributed by atoms with van der Waals surface area (Å²) in [4.78, 5) is -0.330. The second-order valence-corrected chi connectivity index (χ2v) is 16.9. The molecule has 0 bridgehead atoms. The minimum Gasteiger partial charge on any atom is -0.507 e. The first-order chi connectivity index (χ1) is 36.2. The number of alkyl halides is 24. The molecule has 6 aromatic rings. The Kier molecular flexibility index (Phi) is 14.1. The van der Waals surface area contributed by atoms with Crippen molar-refractivity contribution in [3.63, 3.8) is 0 Å². The van der Waals surface area contributed by atoms with Crippen molar-refractivity contribution in [1.82, 2.24) is 0 Å². The summed E-state index contributed by atoms with van der Waals surface area (Å²) in [6, 6.07) is -3.07. The molecule has 1 aliphatic rings. The number of aliphatic hydroxyl groups is 2. The zero-order valence-corrected chi connectivity index (χ0v) is 37.9. The number of hydrogen-bond acceptors (Lipinski definition) is 8. The summed E-state index contributed by atoms with van der Waals surface area (Å²) in [7, 11) is 0. The van der Waals surface area contributed by atoms with Gasteiger partial charge in [-0.05, 0) is 72.8 Å². The van der Waals surface area contributed by atoms with Crippen LogP contribution in [0, 0.1) is 0 Å². The van der Waals surface area contributed by atoms with Crippen LogP contribution in [0.3, 0.4) is 0 Å². The average Bonchev–Trinajstić information content (AvgIpc) is 3.29. The van der Waals surface area contributed by atoms with E-state index in [0.717, 1.165) is 0 Å². The number of aromatic hydroxyl groups is 4. The lowest BCUT2D eigenvalue weighted by atomic mass is 9.83. The van der Waals surface area contributed by atoms with Crippen molar-refractivity contribution in [2.45, 2.75) is 49.4 Å². The van der Waals surface area contributed by atoms with E-state index in [1.54, 1.807) is 0 Å². The molecule has 0 saturated carbocycles. The molecule has 7 rings (SSSR count). The Morgan fingerprint density at radius 2 is 0.350 bits per heavy atom. The molecular weight excluding hydrogens is 1160 g/mol. The molecule has 0 saturated heterocycles. The maximum absolute atomic E-state index is 14.0. The predicted molar refractivity (Wildman–Crippen MR) is 228 cm³/mol. The Morgan fingerprint density at radius 1 is 0.212 bits per heavy atom. The summed E-state index contributed by atoms with van der Waals surface area (Å²) in [6.07, 6.45) is -45.8. The lowest BCUT2D eigenvalue weighted by molar-refractivity contribution is -0.144. The van der Waals surface area contributed by atoms with E-state index in [9.17, 15) is 136 Å². The Hall–Kier alpha value is -8.48. The Morgan fingerprint density at radius 3 is 0.487 bits per heavy atom. The third-order valence-corrected chi connectivity index (χ3v) is 11.4. The van der Waals surface area contributed by atoms with E-state index in [2.05, 4.69) is 0 Å². The van der Waals surface area contributed by atoms with Crippen molar-refractivity contribution in [1.29, 1.82) is 0 Å². The van der Waals surface area contributed by atoms with Crippen LogP contribution in [0.4, 0.5) is 139 Å². The van der Waals surface area contributed by atoms with Gasteiger partial charge in [-0.15, -0.1) is 0 Å². The largest absolute Gasteiger partial charge is 0.507 e. The summed E-state index contributed by atoms with van der Waals surface area (Å²) in [5.74, 6) is -9.48. The van der Waals surface area contributed by atoms with Gasteiger partial charge in [0.05, 0.1) is 78.2 Å². The highest BCUT2D eigenvalue weighted by atomic mass is 19.4. The molecule has 0 atom stereocenters. The fraction of sp³-hybridized carbons (Fsp3) is 0.167. The maximum atomic E-state index is 14.0. The van der Waals surface area contributed by atoms with Gasteiger partial charge in [-0.3, -0.25) is 0 Å². The highest BCUT2D eigenvalue weighted by Gasteiger charge is 2.44. The Bertz CT molecular complexity index is 2960. The van der Waals surface area contributed by atoms with E-state index < -0.39 is 209 Å². The molecule has 6 N–H and O–H groups in total. The van der Waals surface area contributed by atoms with E-state index in [1.807, 2.05) is 0 Å². The number of nitrogens with zero attached hydrogens (tertiary/aromatic N) is 2. The van der Waals surface area contributed by atoms with Gasteiger partial charge < -0.3 is 40.4 Å². The highest BCUT2D eigenvalue weighted by Crippen LogP contribution is 2.57. The SMILES string of the molecule is OC1=C(c2c(O)cc(N(c3cc(C(F)(F)F)cc(C(F)(F)F)c3)c3cc(C(F)(F)F)cc(C(F)(F)F)c3)cc2O)C(O)=C1c1c(O)cc(N(c2cc(C(F)(F)F)cc(C(F)(F)F)c2)c2cc(C(F)(F)F)cc(C(F)(F)F)c2)cc1O. The topological polar surface area (TPSA) is 128 Å². The summed E-state index contributed by atoms with van der Waals surface area (Å²) < 4.78 is 337. The molecule has 8 nitrogen and oxygen atoms in total. The first-order valence-corrected chi connectivity index (χ1v) is 21.0. The molecule has 80 heavy (non-hydrogen) atoms. The number of allylic oxidation sites excluding steroid dienone is 2. The van der Waals surface area contributed by atoms with Crippen molar-refractivity contribution >= 4 is 45.3 Å².